The predicted molar refractivity (Wildman–Crippen MR) is 79.1 cm³/mol. The molecule has 4 aliphatic carbocycles. The van der Waals surface area contributed by atoms with E-state index < -0.39 is 0 Å². The molecule has 0 aromatic carbocycles. The number of rotatable bonds is 0. The van der Waals surface area contributed by atoms with Gasteiger partial charge in [-0.25, -0.2) is 0 Å². The molecular formula is C18H30O2. The van der Waals surface area contributed by atoms with Gasteiger partial charge in [0.1, 0.15) is 0 Å². The molecule has 0 aromatic heterocycles. The van der Waals surface area contributed by atoms with E-state index in [9.17, 15) is 10.2 Å². The van der Waals surface area contributed by atoms with Crippen molar-refractivity contribution in [2.45, 2.75) is 76.9 Å². The Morgan fingerprint density at radius 1 is 0.800 bits per heavy atom. The topological polar surface area (TPSA) is 40.5 Å². The average Bonchev–Trinajstić information content (AvgIpc) is 2.74. The van der Waals surface area contributed by atoms with Crippen LogP contribution in [-0.4, -0.2) is 22.4 Å². The van der Waals surface area contributed by atoms with E-state index in [1.165, 1.54) is 38.5 Å². The molecule has 3 unspecified atom stereocenters. The molecule has 2 N–H and O–H groups in total. The third-order valence-corrected chi connectivity index (χ3v) is 7.88. The molecule has 0 spiro atoms. The molecule has 0 aliphatic heterocycles. The number of aliphatic hydroxyl groups is 2. The Kier molecular flexibility index (Phi) is 3.20. The minimum Gasteiger partial charge on any atom is -0.393 e. The monoisotopic (exact) mass is 278 g/mol. The Hall–Kier alpha value is -0.0800. The highest BCUT2D eigenvalue weighted by atomic mass is 16.3. The second kappa shape index (κ2) is 4.71. The third kappa shape index (κ3) is 1.83. The smallest absolute Gasteiger partial charge is 0.0596 e. The van der Waals surface area contributed by atoms with Crippen LogP contribution in [0.25, 0.3) is 0 Å². The van der Waals surface area contributed by atoms with Crippen LogP contribution in [0.5, 0.6) is 0 Å². The summed E-state index contributed by atoms with van der Waals surface area (Å²) in [6.45, 7) is 2.36. The first kappa shape index (κ1) is 13.6. The van der Waals surface area contributed by atoms with Crippen LogP contribution in [0.1, 0.15) is 64.7 Å². The van der Waals surface area contributed by atoms with Gasteiger partial charge >= 0.3 is 0 Å². The molecule has 8 atom stereocenters. The Labute approximate surface area is 123 Å². The number of hydrogen-bond acceptors (Lipinski definition) is 2. The highest BCUT2D eigenvalue weighted by Gasteiger charge is 2.56. The molecule has 4 aliphatic rings. The van der Waals surface area contributed by atoms with Gasteiger partial charge in [0.05, 0.1) is 12.2 Å². The lowest BCUT2D eigenvalue weighted by Crippen LogP contribution is -2.49. The van der Waals surface area contributed by atoms with Crippen molar-refractivity contribution in [2.24, 2.45) is 35.0 Å². The molecule has 114 valence electrons. The minimum absolute atomic E-state index is 0.0186. The van der Waals surface area contributed by atoms with Gasteiger partial charge in [0.15, 0.2) is 0 Å². The van der Waals surface area contributed by atoms with Crippen LogP contribution in [0, 0.1) is 35.0 Å². The third-order valence-electron chi connectivity index (χ3n) is 7.88. The highest BCUT2D eigenvalue weighted by Crippen LogP contribution is 2.62. The summed E-state index contributed by atoms with van der Waals surface area (Å²) >= 11 is 0. The lowest BCUT2D eigenvalue weighted by atomic mass is 9.50. The summed E-state index contributed by atoms with van der Waals surface area (Å²) in [6.07, 6.45) is 10.9. The quantitative estimate of drug-likeness (QED) is 0.713. The first-order chi connectivity index (χ1) is 9.59. The number of aliphatic hydroxyl groups excluding tert-OH is 2. The van der Waals surface area contributed by atoms with Crippen molar-refractivity contribution < 1.29 is 10.2 Å². The van der Waals surface area contributed by atoms with E-state index in [1.54, 1.807) is 0 Å². The van der Waals surface area contributed by atoms with Crippen molar-refractivity contribution in [2.75, 3.05) is 0 Å². The van der Waals surface area contributed by atoms with Crippen LogP contribution in [0.4, 0.5) is 0 Å². The van der Waals surface area contributed by atoms with Crippen LogP contribution < -0.4 is 0 Å². The molecule has 0 aromatic rings. The predicted octanol–water partition coefficient (Wildman–Crippen LogP) is 3.36. The molecule has 0 saturated heterocycles. The van der Waals surface area contributed by atoms with Crippen molar-refractivity contribution in [1.29, 1.82) is 0 Å². The molecule has 2 nitrogen and oxygen atoms in total. The van der Waals surface area contributed by atoms with E-state index in [0.717, 1.165) is 48.9 Å². The average molecular weight is 278 g/mol. The molecular weight excluding hydrogens is 248 g/mol. The molecule has 20 heavy (non-hydrogen) atoms. The maximum Gasteiger partial charge on any atom is 0.0596 e. The van der Waals surface area contributed by atoms with Crippen LogP contribution in [0.3, 0.4) is 0 Å². The van der Waals surface area contributed by atoms with Gasteiger partial charge in [-0.1, -0.05) is 6.92 Å². The summed E-state index contributed by atoms with van der Waals surface area (Å²) in [5, 5.41) is 20.3. The molecule has 4 rings (SSSR count). The molecule has 0 radical (unpaired) electrons. The lowest BCUT2D eigenvalue weighted by Gasteiger charge is -2.55. The number of fused-ring (bicyclic) bond motifs is 5. The fraction of sp³-hybridized carbons (Fsp3) is 1.00. The van der Waals surface area contributed by atoms with Crippen LogP contribution >= 0.6 is 0 Å². The van der Waals surface area contributed by atoms with Crippen LogP contribution in [-0.2, 0) is 0 Å². The summed E-state index contributed by atoms with van der Waals surface area (Å²) in [6, 6.07) is 0. The summed E-state index contributed by atoms with van der Waals surface area (Å²) in [5.41, 5.74) is 0.224. The number of hydrogen-bond donors (Lipinski definition) is 2. The van der Waals surface area contributed by atoms with Crippen molar-refractivity contribution in [3.8, 4) is 0 Å². The van der Waals surface area contributed by atoms with E-state index in [1.807, 2.05) is 0 Å². The van der Waals surface area contributed by atoms with Crippen molar-refractivity contribution in [3.63, 3.8) is 0 Å². The van der Waals surface area contributed by atoms with E-state index in [-0.39, 0.29) is 17.6 Å². The maximum atomic E-state index is 10.4. The molecule has 4 saturated carbocycles. The zero-order valence-corrected chi connectivity index (χ0v) is 12.8. The van der Waals surface area contributed by atoms with E-state index in [2.05, 4.69) is 6.92 Å². The van der Waals surface area contributed by atoms with E-state index in [4.69, 9.17) is 0 Å². The van der Waals surface area contributed by atoms with Gasteiger partial charge in [0.2, 0.25) is 0 Å². The molecule has 0 amide bonds. The second-order valence-corrected chi connectivity index (χ2v) is 8.54. The van der Waals surface area contributed by atoms with E-state index >= 15 is 0 Å². The lowest BCUT2D eigenvalue weighted by molar-refractivity contribution is -0.0913. The minimum atomic E-state index is -0.0423. The van der Waals surface area contributed by atoms with E-state index in [0.29, 0.717) is 0 Å². The van der Waals surface area contributed by atoms with Crippen molar-refractivity contribution in [1.82, 2.24) is 0 Å². The first-order valence-corrected chi connectivity index (χ1v) is 8.95. The highest BCUT2D eigenvalue weighted by molar-refractivity contribution is 5.06. The normalized spacial score (nSPS) is 58.6. The fourth-order valence-electron chi connectivity index (χ4n) is 6.80. The van der Waals surface area contributed by atoms with Crippen molar-refractivity contribution >= 4 is 0 Å². The standard InChI is InChI=1S/C18H30O2/c1-18-9-8-14-13-5-3-12(19)10-11(13)2-4-15(14)16(18)6-7-17(18)20/h11-17,19-20H,2-10H2,1H3/t11-,12-,13-,14?,15?,16?,17-,18-/m0/s1. The molecule has 2 heteroatoms. The SMILES string of the molecule is C[C@]12CCC3C(CC[C@H]4C[C@@H](O)CC[C@H]34)C1CC[C@@H]2O. The van der Waals surface area contributed by atoms with Gasteiger partial charge in [-0.05, 0) is 92.8 Å². The zero-order chi connectivity index (χ0) is 13.9. The zero-order valence-electron chi connectivity index (χ0n) is 12.8. The summed E-state index contributed by atoms with van der Waals surface area (Å²) in [4.78, 5) is 0. The summed E-state index contributed by atoms with van der Waals surface area (Å²) < 4.78 is 0. The van der Waals surface area contributed by atoms with Gasteiger partial charge < -0.3 is 10.2 Å². The molecule has 0 heterocycles. The van der Waals surface area contributed by atoms with Crippen LogP contribution in [0.2, 0.25) is 0 Å². The fourth-order valence-corrected chi connectivity index (χ4v) is 6.80. The Morgan fingerprint density at radius 2 is 1.60 bits per heavy atom. The Balaban J connectivity index is 1.57. The van der Waals surface area contributed by atoms with Gasteiger partial charge in [0.25, 0.3) is 0 Å². The largest absolute Gasteiger partial charge is 0.393 e. The van der Waals surface area contributed by atoms with Gasteiger partial charge in [0, 0.05) is 0 Å². The van der Waals surface area contributed by atoms with Crippen LogP contribution in [0.15, 0.2) is 0 Å². The van der Waals surface area contributed by atoms with Crippen molar-refractivity contribution in [3.05, 3.63) is 0 Å². The van der Waals surface area contributed by atoms with Gasteiger partial charge in [-0.15, -0.1) is 0 Å². The summed E-state index contributed by atoms with van der Waals surface area (Å²) in [5.74, 6) is 4.26. The van der Waals surface area contributed by atoms with Gasteiger partial charge in [-0.2, -0.15) is 0 Å². The Morgan fingerprint density at radius 3 is 2.45 bits per heavy atom. The molecule has 0 bridgehead atoms. The summed E-state index contributed by atoms with van der Waals surface area (Å²) in [7, 11) is 0. The molecule has 4 fully saturated rings. The Bertz CT molecular complexity index is 382. The maximum absolute atomic E-state index is 10.4. The van der Waals surface area contributed by atoms with Gasteiger partial charge in [-0.3, -0.25) is 0 Å². The second-order valence-electron chi connectivity index (χ2n) is 8.54. The first-order valence-electron chi connectivity index (χ1n) is 8.95.